The highest BCUT2D eigenvalue weighted by atomic mass is 15.5. The van der Waals surface area contributed by atoms with Crippen LogP contribution in [0, 0.1) is 6.92 Å². The Morgan fingerprint density at radius 2 is 2.00 bits per heavy atom. The minimum atomic E-state index is 0.563. The van der Waals surface area contributed by atoms with E-state index >= 15 is 0 Å². The second-order valence-electron chi connectivity index (χ2n) is 3.14. The van der Waals surface area contributed by atoms with Crippen molar-refractivity contribution < 1.29 is 0 Å². The molecule has 0 unspecified atom stereocenters. The topological polar surface area (TPSA) is 56.7 Å². The van der Waals surface area contributed by atoms with Crippen molar-refractivity contribution in [3.05, 3.63) is 41.7 Å². The monoisotopic (exact) mass is 188 g/mol. The number of nitrogens with zero attached hydrogens (tertiary/aromatic N) is 3. The molecule has 0 aliphatic rings. The summed E-state index contributed by atoms with van der Waals surface area (Å²) in [4.78, 5) is 1.61. The zero-order valence-corrected chi connectivity index (χ0v) is 8.01. The highest BCUT2D eigenvalue weighted by molar-refractivity contribution is 5.41. The van der Waals surface area contributed by atoms with E-state index in [-0.39, 0.29) is 0 Å². The van der Waals surface area contributed by atoms with Gasteiger partial charge in [-0.3, -0.25) is 0 Å². The van der Waals surface area contributed by atoms with Gasteiger partial charge in [0.1, 0.15) is 0 Å². The molecule has 0 bridgehead atoms. The Hall–Kier alpha value is -1.68. The highest BCUT2D eigenvalue weighted by Gasteiger charge is 2.02. The summed E-state index contributed by atoms with van der Waals surface area (Å²) in [5.74, 6) is 0. The largest absolute Gasteiger partial charge is 0.326 e. The predicted octanol–water partition coefficient (Wildman–Crippen LogP) is 1.03. The number of aromatic nitrogens is 3. The van der Waals surface area contributed by atoms with Crippen LogP contribution < -0.4 is 5.73 Å². The minimum Gasteiger partial charge on any atom is -0.326 e. The molecular formula is C10H12N4. The predicted molar refractivity (Wildman–Crippen MR) is 54.0 cm³/mol. The standard InChI is InChI=1S/C10H12N4/c1-8-6-9(7-11)2-3-10(8)14-12-4-5-13-14/h2-6H,7,11H2,1H3. The summed E-state index contributed by atoms with van der Waals surface area (Å²) in [5, 5.41) is 8.15. The zero-order chi connectivity index (χ0) is 9.97. The maximum Gasteiger partial charge on any atom is 0.0885 e. The number of hydrogen-bond acceptors (Lipinski definition) is 3. The van der Waals surface area contributed by atoms with Gasteiger partial charge in [-0.2, -0.15) is 15.0 Å². The summed E-state index contributed by atoms with van der Waals surface area (Å²) in [6.45, 7) is 2.59. The molecule has 0 spiro atoms. The molecule has 0 saturated heterocycles. The first-order valence-electron chi connectivity index (χ1n) is 4.47. The van der Waals surface area contributed by atoms with Crippen molar-refractivity contribution in [2.75, 3.05) is 0 Å². The van der Waals surface area contributed by atoms with Crippen LogP contribution in [0.25, 0.3) is 5.69 Å². The quantitative estimate of drug-likeness (QED) is 0.766. The van der Waals surface area contributed by atoms with E-state index in [9.17, 15) is 0 Å². The SMILES string of the molecule is Cc1cc(CN)ccc1-n1nccn1. The molecule has 2 N–H and O–H groups in total. The Kier molecular flexibility index (Phi) is 2.28. The molecule has 14 heavy (non-hydrogen) atoms. The highest BCUT2D eigenvalue weighted by Crippen LogP contribution is 2.13. The lowest BCUT2D eigenvalue weighted by atomic mass is 10.1. The van der Waals surface area contributed by atoms with Crippen LogP contribution in [-0.2, 0) is 6.54 Å². The van der Waals surface area contributed by atoms with Crippen LogP contribution in [0.5, 0.6) is 0 Å². The van der Waals surface area contributed by atoms with Crippen LogP contribution in [0.4, 0.5) is 0 Å². The van der Waals surface area contributed by atoms with Gasteiger partial charge in [0.05, 0.1) is 18.1 Å². The normalized spacial score (nSPS) is 10.4. The maximum atomic E-state index is 5.55. The summed E-state index contributed by atoms with van der Waals surface area (Å²) in [6.07, 6.45) is 3.33. The van der Waals surface area contributed by atoms with Gasteiger partial charge in [0.15, 0.2) is 0 Å². The van der Waals surface area contributed by atoms with Gasteiger partial charge in [0, 0.05) is 6.54 Å². The van der Waals surface area contributed by atoms with Gasteiger partial charge in [-0.05, 0) is 24.1 Å². The van der Waals surface area contributed by atoms with Crippen molar-refractivity contribution in [2.24, 2.45) is 5.73 Å². The van der Waals surface area contributed by atoms with E-state index in [0.29, 0.717) is 6.54 Å². The molecule has 1 heterocycles. The molecule has 0 saturated carbocycles. The Labute approximate surface area is 82.4 Å². The Bertz CT molecular complexity index is 420. The van der Waals surface area contributed by atoms with Gasteiger partial charge in [-0.25, -0.2) is 0 Å². The van der Waals surface area contributed by atoms with Crippen LogP contribution in [0.15, 0.2) is 30.6 Å². The summed E-state index contributed by atoms with van der Waals surface area (Å²) in [5.41, 5.74) is 8.79. The number of benzene rings is 1. The van der Waals surface area contributed by atoms with E-state index in [2.05, 4.69) is 16.3 Å². The van der Waals surface area contributed by atoms with Crippen LogP contribution in [-0.4, -0.2) is 15.0 Å². The van der Waals surface area contributed by atoms with Crippen LogP contribution in [0.2, 0.25) is 0 Å². The first kappa shape index (κ1) is 8.90. The molecule has 0 fully saturated rings. The zero-order valence-electron chi connectivity index (χ0n) is 8.01. The number of nitrogens with two attached hydrogens (primary N) is 1. The second kappa shape index (κ2) is 3.59. The van der Waals surface area contributed by atoms with Gasteiger partial charge in [-0.1, -0.05) is 12.1 Å². The third kappa shape index (κ3) is 1.52. The van der Waals surface area contributed by atoms with E-state index in [1.807, 2.05) is 19.1 Å². The van der Waals surface area contributed by atoms with E-state index in [1.165, 1.54) is 0 Å². The molecule has 0 aliphatic carbocycles. The summed E-state index contributed by atoms with van der Waals surface area (Å²) < 4.78 is 0. The summed E-state index contributed by atoms with van der Waals surface area (Å²) >= 11 is 0. The van der Waals surface area contributed by atoms with Gasteiger partial charge in [-0.15, -0.1) is 0 Å². The Morgan fingerprint density at radius 3 is 2.57 bits per heavy atom. The summed E-state index contributed by atoms with van der Waals surface area (Å²) in [7, 11) is 0. The van der Waals surface area contributed by atoms with E-state index in [1.54, 1.807) is 17.2 Å². The molecule has 0 atom stereocenters. The second-order valence-corrected chi connectivity index (χ2v) is 3.14. The van der Waals surface area contributed by atoms with Gasteiger partial charge in [0.2, 0.25) is 0 Å². The molecule has 4 nitrogen and oxygen atoms in total. The fourth-order valence-electron chi connectivity index (χ4n) is 1.41. The fraction of sp³-hybridized carbons (Fsp3) is 0.200. The first-order chi connectivity index (χ1) is 6.81. The van der Waals surface area contributed by atoms with E-state index in [0.717, 1.165) is 16.8 Å². The first-order valence-corrected chi connectivity index (χ1v) is 4.47. The summed E-state index contributed by atoms with van der Waals surface area (Å²) in [6, 6.07) is 6.03. The van der Waals surface area contributed by atoms with Crippen molar-refractivity contribution in [1.29, 1.82) is 0 Å². The molecule has 1 aromatic heterocycles. The third-order valence-corrected chi connectivity index (χ3v) is 2.13. The fourth-order valence-corrected chi connectivity index (χ4v) is 1.41. The number of rotatable bonds is 2. The number of aryl methyl sites for hydroxylation is 1. The third-order valence-electron chi connectivity index (χ3n) is 2.13. The van der Waals surface area contributed by atoms with Crippen molar-refractivity contribution in [3.8, 4) is 5.69 Å². The van der Waals surface area contributed by atoms with Crippen LogP contribution >= 0.6 is 0 Å². The maximum absolute atomic E-state index is 5.55. The molecule has 4 heteroatoms. The van der Waals surface area contributed by atoms with Crippen molar-refractivity contribution in [2.45, 2.75) is 13.5 Å². The van der Waals surface area contributed by atoms with Crippen molar-refractivity contribution >= 4 is 0 Å². The average molecular weight is 188 g/mol. The van der Waals surface area contributed by atoms with Gasteiger partial charge in [0.25, 0.3) is 0 Å². The molecule has 0 radical (unpaired) electrons. The minimum absolute atomic E-state index is 0.563. The molecule has 2 rings (SSSR count). The van der Waals surface area contributed by atoms with E-state index < -0.39 is 0 Å². The smallest absolute Gasteiger partial charge is 0.0885 e. The van der Waals surface area contributed by atoms with Crippen molar-refractivity contribution in [1.82, 2.24) is 15.0 Å². The molecule has 1 aromatic carbocycles. The van der Waals surface area contributed by atoms with E-state index in [4.69, 9.17) is 5.73 Å². The van der Waals surface area contributed by atoms with Crippen LogP contribution in [0.1, 0.15) is 11.1 Å². The lowest BCUT2D eigenvalue weighted by Gasteiger charge is -2.05. The Balaban J connectivity index is 2.46. The van der Waals surface area contributed by atoms with Crippen molar-refractivity contribution in [3.63, 3.8) is 0 Å². The Morgan fingerprint density at radius 1 is 1.29 bits per heavy atom. The van der Waals surface area contributed by atoms with Gasteiger partial charge >= 0.3 is 0 Å². The molecule has 2 aromatic rings. The number of hydrogen-bond donors (Lipinski definition) is 1. The lowest BCUT2D eigenvalue weighted by Crippen LogP contribution is -2.03. The lowest BCUT2D eigenvalue weighted by molar-refractivity contribution is 0.746. The molecule has 0 aliphatic heterocycles. The van der Waals surface area contributed by atoms with Gasteiger partial charge < -0.3 is 5.73 Å². The molecule has 0 amide bonds. The molecular weight excluding hydrogens is 176 g/mol. The molecule has 72 valence electrons. The van der Waals surface area contributed by atoms with Crippen LogP contribution in [0.3, 0.4) is 0 Å². The average Bonchev–Trinajstić information content (AvgIpc) is 2.70.